The van der Waals surface area contributed by atoms with Gasteiger partial charge in [-0.1, -0.05) is 0 Å². The average molecular weight is 243 g/mol. The van der Waals surface area contributed by atoms with Crippen molar-refractivity contribution in [3.8, 4) is 0 Å². The first-order chi connectivity index (χ1) is 7.52. The zero-order valence-electron chi connectivity index (χ0n) is 8.91. The predicted molar refractivity (Wildman–Crippen MR) is 58.8 cm³/mol. The van der Waals surface area contributed by atoms with Gasteiger partial charge in [0, 0.05) is 6.42 Å². The van der Waals surface area contributed by atoms with Crippen LogP contribution in [0, 0.1) is 0 Å². The molecule has 1 aromatic heterocycles. The summed E-state index contributed by atoms with van der Waals surface area (Å²) in [7, 11) is -1.37. The van der Waals surface area contributed by atoms with Gasteiger partial charge in [0.05, 0.1) is 29.3 Å². The van der Waals surface area contributed by atoms with Crippen LogP contribution in [-0.4, -0.2) is 31.2 Å². The van der Waals surface area contributed by atoms with Gasteiger partial charge in [-0.3, -0.25) is 4.79 Å². The second-order valence-corrected chi connectivity index (χ2v) is 5.99. The number of sulfone groups is 1. The van der Waals surface area contributed by atoms with E-state index < -0.39 is 9.84 Å². The van der Waals surface area contributed by atoms with E-state index in [9.17, 15) is 13.2 Å². The summed E-state index contributed by atoms with van der Waals surface area (Å²) in [5, 5.41) is 2.88. The van der Waals surface area contributed by atoms with Crippen LogP contribution in [0.15, 0.2) is 4.79 Å². The zero-order chi connectivity index (χ0) is 11.8. The van der Waals surface area contributed by atoms with Crippen molar-refractivity contribution < 1.29 is 8.42 Å². The lowest BCUT2D eigenvalue weighted by molar-refractivity contribution is 0.589. The Morgan fingerprint density at radius 1 is 1.50 bits per heavy atom. The monoisotopic (exact) mass is 243 g/mol. The fourth-order valence-electron chi connectivity index (χ4n) is 1.75. The Hall–Kier alpha value is -1.21. The van der Waals surface area contributed by atoms with Crippen molar-refractivity contribution in [1.29, 1.82) is 0 Å². The Bertz CT molecular complexity index is 562. The first-order valence-electron chi connectivity index (χ1n) is 4.98. The summed E-state index contributed by atoms with van der Waals surface area (Å²) >= 11 is 0. The summed E-state index contributed by atoms with van der Waals surface area (Å²) in [6, 6.07) is 0. The molecule has 0 spiro atoms. The van der Waals surface area contributed by atoms with E-state index in [1.807, 2.05) is 0 Å². The third kappa shape index (κ3) is 2.14. The van der Waals surface area contributed by atoms with Crippen LogP contribution in [0.4, 0.5) is 0 Å². The number of hydrogen-bond acceptors (Lipinski definition) is 5. The van der Waals surface area contributed by atoms with Crippen LogP contribution in [-0.2, 0) is 28.6 Å². The fraction of sp³-hybridized carbons (Fsp3) is 0.556. The summed E-state index contributed by atoms with van der Waals surface area (Å²) < 4.78 is 22.8. The molecule has 0 aliphatic carbocycles. The van der Waals surface area contributed by atoms with Crippen molar-refractivity contribution in [3.05, 3.63) is 27.4 Å². The fourth-order valence-corrected chi connectivity index (χ4v) is 3.13. The van der Waals surface area contributed by atoms with Crippen LogP contribution in [0.5, 0.6) is 0 Å². The van der Waals surface area contributed by atoms with Crippen molar-refractivity contribution in [2.24, 2.45) is 0 Å². The van der Waals surface area contributed by atoms with Gasteiger partial charge in [-0.25, -0.2) is 13.4 Å². The molecule has 0 saturated carbocycles. The summed E-state index contributed by atoms with van der Waals surface area (Å²) in [6.07, 6.45) is 0.332. The summed E-state index contributed by atoms with van der Waals surface area (Å²) in [5.74, 6) is 0.436. The second kappa shape index (κ2) is 3.99. The maximum atomic E-state index is 11.7. The molecule has 7 heteroatoms. The highest BCUT2D eigenvalue weighted by Crippen LogP contribution is 2.15. The lowest BCUT2D eigenvalue weighted by atomic mass is 10.2. The number of aromatic amines is 1. The predicted octanol–water partition coefficient (Wildman–Crippen LogP) is -1.04. The minimum Gasteiger partial charge on any atom is -0.313 e. The number of nitrogens with one attached hydrogen (secondary N) is 2. The molecule has 0 unspecified atom stereocenters. The third-order valence-corrected chi connectivity index (χ3v) is 4.06. The largest absolute Gasteiger partial charge is 0.313 e. The highest BCUT2D eigenvalue weighted by Gasteiger charge is 2.25. The van der Waals surface area contributed by atoms with E-state index in [2.05, 4.69) is 15.3 Å². The van der Waals surface area contributed by atoms with E-state index in [1.165, 1.54) is 0 Å². The van der Waals surface area contributed by atoms with Gasteiger partial charge in [0.15, 0.2) is 9.84 Å². The van der Waals surface area contributed by atoms with Gasteiger partial charge in [0.1, 0.15) is 5.82 Å². The van der Waals surface area contributed by atoms with Crippen LogP contribution in [0.2, 0.25) is 0 Å². The highest BCUT2D eigenvalue weighted by molar-refractivity contribution is 7.90. The molecule has 88 valence electrons. The lowest BCUT2D eigenvalue weighted by Crippen LogP contribution is -2.30. The van der Waals surface area contributed by atoms with Gasteiger partial charge in [0.25, 0.3) is 5.56 Å². The van der Waals surface area contributed by atoms with Crippen LogP contribution in [0.25, 0.3) is 0 Å². The van der Waals surface area contributed by atoms with Crippen molar-refractivity contribution in [1.82, 2.24) is 15.3 Å². The molecule has 0 radical (unpaired) electrons. The molecule has 2 N–H and O–H groups in total. The molecule has 0 atom stereocenters. The second-order valence-electron chi connectivity index (χ2n) is 3.81. The topological polar surface area (TPSA) is 91.9 Å². The van der Waals surface area contributed by atoms with Gasteiger partial charge in [0.2, 0.25) is 0 Å². The van der Waals surface area contributed by atoms with E-state index in [4.69, 9.17) is 0 Å². The standard InChI is InChI=1S/C9H13N3O3S/c1-10-4-8-11-7-2-3-16(14,15)5-6(7)9(13)12-8/h10H,2-5H2,1H3,(H,11,12,13). The Morgan fingerprint density at radius 2 is 2.25 bits per heavy atom. The number of nitrogens with zero attached hydrogens (tertiary/aromatic N) is 1. The van der Waals surface area contributed by atoms with Crippen molar-refractivity contribution in [2.75, 3.05) is 12.8 Å². The molecule has 0 aromatic carbocycles. The van der Waals surface area contributed by atoms with Gasteiger partial charge >= 0.3 is 0 Å². The zero-order valence-corrected chi connectivity index (χ0v) is 9.73. The molecule has 1 aliphatic heterocycles. The Labute approximate surface area is 93.0 Å². The quantitative estimate of drug-likeness (QED) is 0.692. The molecule has 0 fully saturated rings. The van der Waals surface area contributed by atoms with Crippen LogP contribution >= 0.6 is 0 Å². The first-order valence-corrected chi connectivity index (χ1v) is 6.80. The summed E-state index contributed by atoms with van der Waals surface area (Å²) in [6.45, 7) is 0.468. The molecule has 0 saturated heterocycles. The third-order valence-electron chi connectivity index (χ3n) is 2.51. The molecular formula is C9H13N3O3S. The molecule has 2 rings (SSSR count). The normalized spacial score (nSPS) is 18.1. The van der Waals surface area contributed by atoms with Crippen LogP contribution < -0.4 is 10.9 Å². The van der Waals surface area contributed by atoms with Gasteiger partial charge in [-0.15, -0.1) is 0 Å². The Kier molecular flexibility index (Phi) is 2.81. The molecule has 0 bridgehead atoms. The van der Waals surface area contributed by atoms with Crippen LogP contribution in [0.3, 0.4) is 0 Å². The number of H-pyrrole nitrogens is 1. The maximum Gasteiger partial charge on any atom is 0.255 e. The summed E-state index contributed by atoms with van der Waals surface area (Å²) in [4.78, 5) is 18.5. The SMILES string of the molecule is CNCc1nc2c(c(=O)[nH]1)CS(=O)(=O)CC2. The number of aryl methyl sites for hydroxylation is 1. The van der Waals surface area contributed by atoms with Crippen LogP contribution in [0.1, 0.15) is 17.1 Å². The minimum absolute atomic E-state index is 0.0788. The van der Waals surface area contributed by atoms with E-state index in [0.717, 1.165) is 0 Å². The van der Waals surface area contributed by atoms with E-state index in [-0.39, 0.29) is 17.1 Å². The lowest BCUT2D eigenvalue weighted by Gasteiger charge is -2.15. The highest BCUT2D eigenvalue weighted by atomic mass is 32.2. The molecule has 0 amide bonds. The molecule has 16 heavy (non-hydrogen) atoms. The van der Waals surface area contributed by atoms with Crippen molar-refractivity contribution in [3.63, 3.8) is 0 Å². The summed E-state index contributed by atoms with van der Waals surface area (Å²) in [5.41, 5.74) is 0.577. The average Bonchev–Trinajstić information content (AvgIpc) is 2.19. The first kappa shape index (κ1) is 11.3. The smallest absolute Gasteiger partial charge is 0.255 e. The van der Waals surface area contributed by atoms with E-state index in [1.54, 1.807) is 7.05 Å². The van der Waals surface area contributed by atoms with Gasteiger partial charge in [-0.05, 0) is 7.05 Å². The number of rotatable bonds is 2. The molecular weight excluding hydrogens is 230 g/mol. The van der Waals surface area contributed by atoms with E-state index >= 15 is 0 Å². The Morgan fingerprint density at radius 3 is 2.94 bits per heavy atom. The van der Waals surface area contributed by atoms with Gasteiger partial charge in [-0.2, -0.15) is 0 Å². The molecule has 2 heterocycles. The maximum absolute atomic E-state index is 11.7. The number of hydrogen-bond donors (Lipinski definition) is 2. The van der Waals surface area contributed by atoms with Gasteiger partial charge < -0.3 is 10.3 Å². The molecule has 1 aliphatic rings. The molecule has 6 nitrogen and oxygen atoms in total. The Balaban J connectivity index is 2.48. The molecule has 1 aromatic rings. The number of fused-ring (bicyclic) bond motifs is 1. The van der Waals surface area contributed by atoms with Crippen molar-refractivity contribution >= 4 is 9.84 Å². The van der Waals surface area contributed by atoms with Crippen molar-refractivity contribution in [2.45, 2.75) is 18.7 Å². The minimum atomic E-state index is -3.12. The number of aromatic nitrogens is 2. The van der Waals surface area contributed by atoms with E-state index in [0.29, 0.717) is 30.0 Å².